The van der Waals surface area contributed by atoms with Crippen LogP contribution in [0.2, 0.25) is 0 Å². The standard InChI is InChI=1S/C25H26F3NO2/c1-29(2)14-5-15-31-22-12-8-18(9-13-22)16-20-10-11-21(24(20)30)17-19-6-3-4-7-23(19)25(26,27)28/h3-4,6-9,12-13,16-17H,5,10-11,14-15H2,1-2H3/b20-16+,21-17+. The molecule has 0 bridgehead atoms. The van der Waals surface area contributed by atoms with Crippen molar-refractivity contribution < 1.29 is 22.7 Å². The molecule has 164 valence electrons. The molecule has 2 aromatic rings. The maximum Gasteiger partial charge on any atom is 0.416 e. The van der Waals surface area contributed by atoms with E-state index in [-0.39, 0.29) is 11.3 Å². The molecule has 6 heteroatoms. The van der Waals surface area contributed by atoms with Crippen molar-refractivity contribution in [1.82, 2.24) is 4.90 Å². The number of Topliss-reactive ketones (excluding diaryl/α,β-unsaturated/α-hetero) is 1. The summed E-state index contributed by atoms with van der Waals surface area (Å²) in [6, 6.07) is 12.8. The van der Waals surface area contributed by atoms with Crippen LogP contribution in [0.15, 0.2) is 59.7 Å². The lowest BCUT2D eigenvalue weighted by atomic mass is 10.0. The van der Waals surface area contributed by atoms with E-state index in [1.807, 2.05) is 38.4 Å². The van der Waals surface area contributed by atoms with Crippen molar-refractivity contribution in [2.24, 2.45) is 0 Å². The Balaban J connectivity index is 1.68. The summed E-state index contributed by atoms with van der Waals surface area (Å²) in [7, 11) is 4.03. The lowest BCUT2D eigenvalue weighted by Crippen LogP contribution is -2.15. The Labute approximate surface area is 180 Å². The number of allylic oxidation sites excluding steroid dienone is 2. The SMILES string of the molecule is CN(C)CCCOc1ccc(/C=C2\CC/C(=C\c3ccccc3C(F)(F)F)C2=O)cc1. The van der Waals surface area contributed by atoms with Crippen molar-refractivity contribution in [3.05, 3.63) is 76.4 Å². The van der Waals surface area contributed by atoms with E-state index in [0.29, 0.717) is 30.6 Å². The van der Waals surface area contributed by atoms with Gasteiger partial charge in [0, 0.05) is 17.7 Å². The van der Waals surface area contributed by atoms with Gasteiger partial charge in [-0.25, -0.2) is 0 Å². The largest absolute Gasteiger partial charge is 0.494 e. The molecule has 0 aromatic heterocycles. The molecule has 1 saturated carbocycles. The van der Waals surface area contributed by atoms with Crippen molar-refractivity contribution in [3.63, 3.8) is 0 Å². The number of halogens is 3. The van der Waals surface area contributed by atoms with Crippen LogP contribution in [0, 0.1) is 0 Å². The number of rotatable bonds is 7. The number of carbonyl (C=O) groups is 1. The number of nitrogens with zero attached hydrogens (tertiary/aromatic N) is 1. The van der Waals surface area contributed by atoms with Gasteiger partial charge in [0.25, 0.3) is 0 Å². The summed E-state index contributed by atoms with van der Waals surface area (Å²) < 4.78 is 45.3. The van der Waals surface area contributed by atoms with Crippen LogP contribution in [-0.2, 0) is 11.0 Å². The fraction of sp³-hybridized carbons (Fsp3) is 0.320. The van der Waals surface area contributed by atoms with Gasteiger partial charge in [-0.2, -0.15) is 13.2 Å². The van der Waals surface area contributed by atoms with E-state index in [0.717, 1.165) is 30.3 Å². The Morgan fingerprint density at radius 1 is 0.968 bits per heavy atom. The average molecular weight is 429 g/mol. The van der Waals surface area contributed by atoms with Gasteiger partial charge in [0.1, 0.15) is 5.75 Å². The second-order valence-corrected chi connectivity index (χ2v) is 7.83. The van der Waals surface area contributed by atoms with Crippen LogP contribution in [0.5, 0.6) is 5.75 Å². The van der Waals surface area contributed by atoms with Crippen molar-refractivity contribution in [3.8, 4) is 5.75 Å². The molecule has 2 aromatic carbocycles. The number of alkyl halides is 3. The molecule has 31 heavy (non-hydrogen) atoms. The molecule has 0 unspecified atom stereocenters. The Morgan fingerprint density at radius 3 is 2.26 bits per heavy atom. The molecule has 3 nitrogen and oxygen atoms in total. The number of benzene rings is 2. The van der Waals surface area contributed by atoms with Crippen molar-refractivity contribution in [2.45, 2.75) is 25.4 Å². The molecule has 0 heterocycles. The highest BCUT2D eigenvalue weighted by Gasteiger charge is 2.33. The monoisotopic (exact) mass is 429 g/mol. The summed E-state index contributed by atoms with van der Waals surface area (Å²) >= 11 is 0. The van der Waals surface area contributed by atoms with E-state index in [4.69, 9.17) is 4.74 Å². The first-order chi connectivity index (χ1) is 14.7. The van der Waals surface area contributed by atoms with Crippen LogP contribution in [0.1, 0.15) is 36.0 Å². The Hall–Kier alpha value is -2.86. The predicted octanol–water partition coefficient (Wildman–Crippen LogP) is 5.87. The third kappa shape index (κ3) is 6.31. The predicted molar refractivity (Wildman–Crippen MR) is 117 cm³/mol. The van der Waals surface area contributed by atoms with Gasteiger partial charge in [0.15, 0.2) is 5.78 Å². The topological polar surface area (TPSA) is 29.5 Å². The summed E-state index contributed by atoms with van der Waals surface area (Å²) in [5, 5.41) is 0. The first-order valence-corrected chi connectivity index (χ1v) is 10.2. The van der Waals surface area contributed by atoms with Crippen LogP contribution < -0.4 is 4.74 Å². The van der Waals surface area contributed by atoms with E-state index in [1.54, 1.807) is 12.1 Å². The normalized spacial score (nSPS) is 17.2. The van der Waals surface area contributed by atoms with Gasteiger partial charge < -0.3 is 9.64 Å². The lowest BCUT2D eigenvalue weighted by Gasteiger charge is -2.10. The zero-order valence-electron chi connectivity index (χ0n) is 17.7. The fourth-order valence-electron chi connectivity index (χ4n) is 3.48. The molecule has 0 amide bonds. The summed E-state index contributed by atoms with van der Waals surface area (Å²) in [4.78, 5) is 14.8. The molecule has 3 rings (SSSR count). The minimum atomic E-state index is -4.45. The highest BCUT2D eigenvalue weighted by Crippen LogP contribution is 2.35. The van der Waals surface area contributed by atoms with Crippen LogP contribution >= 0.6 is 0 Å². The highest BCUT2D eigenvalue weighted by atomic mass is 19.4. The van der Waals surface area contributed by atoms with Crippen LogP contribution in [0.4, 0.5) is 13.2 Å². The van der Waals surface area contributed by atoms with E-state index < -0.39 is 11.7 Å². The molecule has 0 saturated heterocycles. The van der Waals surface area contributed by atoms with Crippen molar-refractivity contribution >= 4 is 17.9 Å². The molecular formula is C25H26F3NO2. The number of ketones is 1. The molecular weight excluding hydrogens is 403 g/mol. The third-order valence-corrected chi connectivity index (χ3v) is 5.08. The van der Waals surface area contributed by atoms with Crippen LogP contribution in [0.3, 0.4) is 0 Å². The molecule has 0 atom stereocenters. The zero-order chi connectivity index (χ0) is 22.4. The van der Waals surface area contributed by atoms with E-state index >= 15 is 0 Å². The van der Waals surface area contributed by atoms with Gasteiger partial charge in [0.05, 0.1) is 12.2 Å². The maximum atomic E-state index is 13.2. The summed E-state index contributed by atoms with van der Waals surface area (Å²) in [6.45, 7) is 1.58. The molecule has 1 aliphatic carbocycles. The second-order valence-electron chi connectivity index (χ2n) is 7.83. The summed E-state index contributed by atoms with van der Waals surface area (Å²) in [5.41, 5.74) is 1.17. The van der Waals surface area contributed by atoms with Gasteiger partial charge in [0.2, 0.25) is 0 Å². The minimum Gasteiger partial charge on any atom is -0.494 e. The van der Waals surface area contributed by atoms with Crippen molar-refractivity contribution in [1.29, 1.82) is 0 Å². The highest BCUT2D eigenvalue weighted by molar-refractivity contribution is 6.15. The number of hydrogen-bond donors (Lipinski definition) is 0. The molecule has 1 fully saturated rings. The van der Waals surface area contributed by atoms with Gasteiger partial charge in [-0.15, -0.1) is 0 Å². The summed E-state index contributed by atoms with van der Waals surface area (Å²) in [6.07, 6.45) is 0.598. The zero-order valence-corrected chi connectivity index (χ0v) is 17.7. The number of ether oxygens (including phenoxy) is 1. The third-order valence-electron chi connectivity index (χ3n) is 5.08. The first kappa shape index (κ1) is 22.8. The minimum absolute atomic E-state index is 0.0235. The molecule has 0 aliphatic heterocycles. The Bertz CT molecular complexity index is 973. The van der Waals surface area contributed by atoms with E-state index in [9.17, 15) is 18.0 Å². The van der Waals surface area contributed by atoms with Gasteiger partial charge in [-0.1, -0.05) is 30.3 Å². The smallest absolute Gasteiger partial charge is 0.416 e. The average Bonchev–Trinajstić information content (AvgIpc) is 3.05. The molecule has 0 radical (unpaired) electrons. The van der Waals surface area contributed by atoms with Crippen molar-refractivity contribution in [2.75, 3.05) is 27.2 Å². The van der Waals surface area contributed by atoms with Gasteiger partial charge in [-0.05, 0) is 74.8 Å². The molecule has 0 spiro atoms. The summed E-state index contributed by atoms with van der Waals surface area (Å²) in [5.74, 6) is 0.573. The number of carbonyl (C=O) groups excluding carboxylic acids is 1. The molecule has 0 N–H and O–H groups in total. The molecule has 1 aliphatic rings. The van der Waals surface area contributed by atoms with Gasteiger partial charge >= 0.3 is 6.18 Å². The Morgan fingerprint density at radius 2 is 1.61 bits per heavy atom. The van der Waals surface area contributed by atoms with Crippen LogP contribution in [-0.4, -0.2) is 37.9 Å². The van der Waals surface area contributed by atoms with Gasteiger partial charge in [-0.3, -0.25) is 4.79 Å². The Kier molecular flexibility index (Phi) is 7.33. The van der Waals surface area contributed by atoms with E-state index in [2.05, 4.69) is 4.90 Å². The number of hydrogen-bond acceptors (Lipinski definition) is 3. The van der Waals surface area contributed by atoms with Crippen LogP contribution in [0.25, 0.3) is 12.2 Å². The first-order valence-electron chi connectivity index (χ1n) is 10.2. The second kappa shape index (κ2) is 9.96. The maximum absolute atomic E-state index is 13.2. The quantitative estimate of drug-likeness (QED) is 0.408. The lowest BCUT2D eigenvalue weighted by molar-refractivity contribution is -0.137. The van der Waals surface area contributed by atoms with E-state index in [1.165, 1.54) is 18.2 Å². The fourth-order valence-corrected chi connectivity index (χ4v) is 3.48.